The Labute approximate surface area is 236 Å². The fourth-order valence-corrected chi connectivity index (χ4v) is 5.84. The van der Waals surface area contributed by atoms with Crippen LogP contribution in [0.1, 0.15) is 43.4 Å². The van der Waals surface area contributed by atoms with E-state index in [-0.39, 0.29) is 23.0 Å². The molecule has 0 saturated carbocycles. The van der Waals surface area contributed by atoms with E-state index in [9.17, 15) is 18.0 Å². The highest BCUT2D eigenvalue weighted by Gasteiger charge is 2.33. The normalized spacial score (nSPS) is 12.0. The second-order valence-corrected chi connectivity index (χ2v) is 11.8. The lowest BCUT2D eigenvalue weighted by molar-refractivity contribution is -0.140. The molecule has 0 fully saturated rings. The van der Waals surface area contributed by atoms with Crippen molar-refractivity contribution in [3.63, 3.8) is 0 Å². The van der Waals surface area contributed by atoms with Crippen molar-refractivity contribution in [3.05, 3.63) is 94.5 Å². The third kappa shape index (κ3) is 7.61. The van der Waals surface area contributed by atoms with Crippen molar-refractivity contribution in [3.8, 4) is 0 Å². The number of rotatable bonds is 12. The highest BCUT2D eigenvalue weighted by Crippen LogP contribution is 2.27. The molecule has 0 aliphatic rings. The molecule has 0 aromatic heterocycles. The van der Waals surface area contributed by atoms with Crippen LogP contribution in [0.3, 0.4) is 0 Å². The van der Waals surface area contributed by atoms with Crippen LogP contribution < -0.4 is 9.62 Å². The van der Waals surface area contributed by atoms with Gasteiger partial charge in [-0.15, -0.1) is 0 Å². The summed E-state index contributed by atoms with van der Waals surface area (Å²) >= 11 is 6.22. The van der Waals surface area contributed by atoms with Gasteiger partial charge in [-0.05, 0) is 68.1 Å². The van der Waals surface area contributed by atoms with E-state index in [0.717, 1.165) is 27.4 Å². The van der Waals surface area contributed by atoms with Gasteiger partial charge in [-0.3, -0.25) is 13.9 Å². The monoisotopic (exact) mass is 569 g/mol. The van der Waals surface area contributed by atoms with Gasteiger partial charge < -0.3 is 10.2 Å². The second kappa shape index (κ2) is 13.6. The molecule has 2 amide bonds. The first-order valence-corrected chi connectivity index (χ1v) is 14.9. The van der Waals surface area contributed by atoms with E-state index in [4.69, 9.17) is 11.6 Å². The zero-order chi connectivity index (χ0) is 28.6. The number of nitrogens with one attached hydrogen (secondary N) is 1. The van der Waals surface area contributed by atoms with Crippen molar-refractivity contribution in [2.45, 2.75) is 58.0 Å². The second-order valence-electron chi connectivity index (χ2n) is 9.47. The third-order valence-electron chi connectivity index (χ3n) is 6.52. The van der Waals surface area contributed by atoms with Crippen LogP contribution >= 0.6 is 11.6 Å². The maximum Gasteiger partial charge on any atom is 0.264 e. The number of benzene rings is 3. The number of carbonyl (C=O) groups is 2. The summed E-state index contributed by atoms with van der Waals surface area (Å²) in [7, 11) is -4.14. The maximum atomic E-state index is 14.0. The molecule has 3 aromatic rings. The molecule has 0 radical (unpaired) electrons. The van der Waals surface area contributed by atoms with Crippen molar-refractivity contribution in [1.82, 2.24) is 10.2 Å². The van der Waals surface area contributed by atoms with Gasteiger partial charge in [0.05, 0.1) is 10.6 Å². The minimum absolute atomic E-state index is 0.0547. The zero-order valence-electron chi connectivity index (χ0n) is 22.9. The number of anilines is 1. The van der Waals surface area contributed by atoms with Crippen molar-refractivity contribution >= 4 is 39.1 Å². The lowest BCUT2D eigenvalue weighted by atomic mass is 10.1. The van der Waals surface area contributed by atoms with Gasteiger partial charge in [-0.2, -0.15) is 0 Å². The fraction of sp³-hybridized carbons (Fsp3) is 0.333. The van der Waals surface area contributed by atoms with E-state index in [1.807, 2.05) is 52.0 Å². The molecule has 0 heterocycles. The Morgan fingerprint density at radius 1 is 0.949 bits per heavy atom. The molecule has 1 atom stereocenters. The van der Waals surface area contributed by atoms with Crippen molar-refractivity contribution in [1.29, 1.82) is 0 Å². The molecule has 3 aromatic carbocycles. The van der Waals surface area contributed by atoms with Crippen molar-refractivity contribution in [2.75, 3.05) is 17.4 Å². The summed E-state index contributed by atoms with van der Waals surface area (Å²) in [5.74, 6) is -0.760. The molecule has 7 nitrogen and oxygen atoms in total. The Morgan fingerprint density at radius 2 is 1.64 bits per heavy atom. The smallest absolute Gasteiger partial charge is 0.264 e. The average molecular weight is 570 g/mol. The molecule has 0 spiro atoms. The fourth-order valence-electron chi connectivity index (χ4n) is 4.25. The van der Waals surface area contributed by atoms with Crippen LogP contribution in [0.5, 0.6) is 0 Å². The summed E-state index contributed by atoms with van der Waals surface area (Å²) in [5.41, 5.74) is 3.02. The standard InChI is InChI=1S/C30H36ClN3O4S/c1-5-18-32-30(36)28(6-2)33(20-24-11-8-7-10-23(24)4)29(35)21-34(26-13-9-12-25(31)19-26)39(37,38)27-16-14-22(3)15-17-27/h7-17,19,28H,5-6,18,20-21H2,1-4H3,(H,32,36). The summed E-state index contributed by atoms with van der Waals surface area (Å²) < 4.78 is 28.8. The topological polar surface area (TPSA) is 86.8 Å². The number of hydrogen-bond donors (Lipinski definition) is 1. The minimum Gasteiger partial charge on any atom is -0.354 e. The summed E-state index contributed by atoms with van der Waals surface area (Å²) in [4.78, 5) is 28.7. The maximum absolute atomic E-state index is 14.0. The first kappa shape index (κ1) is 30.2. The number of sulfonamides is 1. The Balaban J connectivity index is 2.06. The van der Waals surface area contributed by atoms with E-state index >= 15 is 0 Å². The Kier molecular flexibility index (Phi) is 10.5. The third-order valence-corrected chi connectivity index (χ3v) is 8.54. The quantitative estimate of drug-likeness (QED) is 0.313. The van der Waals surface area contributed by atoms with Gasteiger partial charge in [0.15, 0.2) is 0 Å². The molecule has 208 valence electrons. The lowest BCUT2D eigenvalue weighted by Crippen LogP contribution is -2.52. The van der Waals surface area contributed by atoms with Crippen LogP contribution in [0, 0.1) is 13.8 Å². The molecule has 3 rings (SSSR count). The van der Waals surface area contributed by atoms with Crippen LogP contribution in [0.4, 0.5) is 5.69 Å². The van der Waals surface area contributed by atoms with Gasteiger partial charge in [0, 0.05) is 18.1 Å². The Bertz CT molecular complexity index is 1390. The summed E-state index contributed by atoms with van der Waals surface area (Å²) in [6, 6.07) is 19.7. The van der Waals surface area contributed by atoms with Gasteiger partial charge in [-0.1, -0.05) is 73.5 Å². The number of carbonyl (C=O) groups excluding carboxylic acids is 2. The first-order valence-electron chi connectivity index (χ1n) is 13.0. The van der Waals surface area contributed by atoms with E-state index in [1.54, 1.807) is 30.3 Å². The lowest BCUT2D eigenvalue weighted by Gasteiger charge is -2.33. The molecule has 0 aliphatic heterocycles. The summed E-state index contributed by atoms with van der Waals surface area (Å²) in [6.07, 6.45) is 1.13. The number of aryl methyl sites for hydroxylation is 2. The highest BCUT2D eigenvalue weighted by atomic mass is 35.5. The SMILES string of the molecule is CCCNC(=O)C(CC)N(Cc1ccccc1C)C(=O)CN(c1cccc(Cl)c1)S(=O)(=O)c1ccc(C)cc1. The van der Waals surface area contributed by atoms with E-state index in [1.165, 1.54) is 23.1 Å². The predicted molar refractivity (Wildman–Crippen MR) is 156 cm³/mol. The number of amides is 2. The Hall–Kier alpha value is -3.36. The number of hydrogen-bond acceptors (Lipinski definition) is 4. The first-order chi connectivity index (χ1) is 18.6. The van der Waals surface area contributed by atoms with Crippen LogP contribution in [0.2, 0.25) is 5.02 Å². The Morgan fingerprint density at radius 3 is 2.26 bits per heavy atom. The molecular weight excluding hydrogens is 534 g/mol. The van der Waals surface area contributed by atoms with Crippen LogP contribution in [0.25, 0.3) is 0 Å². The van der Waals surface area contributed by atoms with E-state index < -0.39 is 28.5 Å². The zero-order valence-corrected chi connectivity index (χ0v) is 24.4. The molecule has 1 unspecified atom stereocenters. The molecule has 0 bridgehead atoms. The number of halogens is 1. The van der Waals surface area contributed by atoms with Crippen molar-refractivity contribution < 1.29 is 18.0 Å². The van der Waals surface area contributed by atoms with Gasteiger partial charge in [0.1, 0.15) is 12.6 Å². The molecule has 0 saturated heterocycles. The molecule has 39 heavy (non-hydrogen) atoms. The van der Waals surface area contributed by atoms with Gasteiger partial charge >= 0.3 is 0 Å². The highest BCUT2D eigenvalue weighted by molar-refractivity contribution is 7.92. The van der Waals surface area contributed by atoms with Crippen LogP contribution in [-0.4, -0.2) is 44.3 Å². The van der Waals surface area contributed by atoms with Gasteiger partial charge in [0.25, 0.3) is 10.0 Å². The molecular formula is C30H36ClN3O4S. The summed E-state index contributed by atoms with van der Waals surface area (Å²) in [6.45, 7) is 7.75. The largest absolute Gasteiger partial charge is 0.354 e. The molecule has 0 aliphatic carbocycles. The molecule has 9 heteroatoms. The van der Waals surface area contributed by atoms with Crippen LogP contribution in [0.15, 0.2) is 77.7 Å². The van der Waals surface area contributed by atoms with Crippen molar-refractivity contribution in [2.24, 2.45) is 0 Å². The van der Waals surface area contributed by atoms with E-state index in [0.29, 0.717) is 18.0 Å². The van der Waals surface area contributed by atoms with Gasteiger partial charge in [0.2, 0.25) is 11.8 Å². The minimum atomic E-state index is -4.14. The number of nitrogens with zero attached hydrogens (tertiary/aromatic N) is 2. The summed E-state index contributed by atoms with van der Waals surface area (Å²) in [5, 5.41) is 3.23. The predicted octanol–water partition coefficient (Wildman–Crippen LogP) is 5.49. The average Bonchev–Trinajstić information content (AvgIpc) is 2.91. The van der Waals surface area contributed by atoms with Crippen LogP contribution in [-0.2, 0) is 26.2 Å². The van der Waals surface area contributed by atoms with E-state index in [2.05, 4.69) is 5.32 Å². The molecule has 1 N–H and O–H groups in total. The van der Waals surface area contributed by atoms with Gasteiger partial charge in [-0.25, -0.2) is 8.42 Å².